The van der Waals surface area contributed by atoms with Crippen LogP contribution in [0.4, 0.5) is 0 Å². The molecule has 1 unspecified atom stereocenters. The van der Waals surface area contributed by atoms with Crippen LogP contribution in [0.25, 0.3) is 0 Å². The van der Waals surface area contributed by atoms with Crippen molar-refractivity contribution in [2.24, 2.45) is 11.3 Å². The van der Waals surface area contributed by atoms with E-state index in [1.165, 1.54) is 44.9 Å². The van der Waals surface area contributed by atoms with Crippen LogP contribution < -0.4 is 5.32 Å². The molecule has 0 bridgehead atoms. The zero-order chi connectivity index (χ0) is 15.9. The van der Waals surface area contributed by atoms with Gasteiger partial charge in [-0.05, 0) is 56.9 Å². The lowest BCUT2D eigenvalue weighted by Gasteiger charge is -2.48. The number of hydrogen-bond acceptors (Lipinski definition) is 2. The molecule has 1 aliphatic carbocycles. The van der Waals surface area contributed by atoms with Gasteiger partial charge < -0.3 is 10.1 Å². The fourth-order valence-corrected chi connectivity index (χ4v) is 3.76. The van der Waals surface area contributed by atoms with Gasteiger partial charge >= 0.3 is 0 Å². The standard InChI is InChI=1S/C19H39NO/c1-7-20-17(11-9-10-16(3)4)19(21-8-2)14-12-18(5,6)13-15-19/h16-17,20H,7-15H2,1-6H3. The molecule has 0 aromatic carbocycles. The fraction of sp³-hybridized carbons (Fsp3) is 1.00. The van der Waals surface area contributed by atoms with Crippen molar-refractivity contribution in [2.75, 3.05) is 13.2 Å². The third-order valence-corrected chi connectivity index (χ3v) is 5.24. The lowest BCUT2D eigenvalue weighted by molar-refractivity contribution is -0.108. The van der Waals surface area contributed by atoms with Gasteiger partial charge in [-0.1, -0.05) is 47.5 Å². The lowest BCUT2D eigenvalue weighted by Crippen LogP contribution is -2.55. The molecule has 1 rings (SSSR count). The Hall–Kier alpha value is -0.0800. The van der Waals surface area contributed by atoms with Gasteiger partial charge in [-0.25, -0.2) is 0 Å². The van der Waals surface area contributed by atoms with Gasteiger partial charge in [-0.2, -0.15) is 0 Å². The van der Waals surface area contributed by atoms with Crippen molar-refractivity contribution in [1.82, 2.24) is 5.32 Å². The SMILES string of the molecule is CCNC(CCCC(C)C)C1(OCC)CCC(C)(C)CC1. The van der Waals surface area contributed by atoms with Gasteiger partial charge in [0.2, 0.25) is 0 Å². The minimum absolute atomic E-state index is 0.0806. The van der Waals surface area contributed by atoms with E-state index in [4.69, 9.17) is 4.74 Å². The predicted octanol–water partition coefficient (Wildman–Crippen LogP) is 5.17. The predicted molar refractivity (Wildman–Crippen MR) is 92.8 cm³/mol. The molecule has 0 aromatic heterocycles. The van der Waals surface area contributed by atoms with E-state index in [9.17, 15) is 0 Å². The second-order valence-corrected chi connectivity index (χ2v) is 8.10. The quantitative estimate of drug-likeness (QED) is 0.634. The third kappa shape index (κ3) is 5.90. The average molecular weight is 298 g/mol. The first-order valence-electron chi connectivity index (χ1n) is 9.22. The molecule has 0 radical (unpaired) electrons. The second-order valence-electron chi connectivity index (χ2n) is 8.10. The van der Waals surface area contributed by atoms with Crippen LogP contribution in [0, 0.1) is 11.3 Å². The van der Waals surface area contributed by atoms with E-state index in [1.54, 1.807) is 0 Å². The molecule has 1 fully saturated rings. The maximum Gasteiger partial charge on any atom is 0.0834 e. The Balaban J connectivity index is 2.72. The summed E-state index contributed by atoms with van der Waals surface area (Å²) in [5, 5.41) is 3.75. The molecule has 0 spiro atoms. The van der Waals surface area contributed by atoms with Crippen molar-refractivity contribution in [3.63, 3.8) is 0 Å². The van der Waals surface area contributed by atoms with Gasteiger partial charge in [-0.15, -0.1) is 0 Å². The van der Waals surface area contributed by atoms with Crippen LogP contribution in [-0.2, 0) is 4.74 Å². The Bertz CT molecular complexity index is 275. The van der Waals surface area contributed by atoms with Crippen molar-refractivity contribution < 1.29 is 4.74 Å². The van der Waals surface area contributed by atoms with Crippen LogP contribution in [0.15, 0.2) is 0 Å². The van der Waals surface area contributed by atoms with Crippen LogP contribution in [0.2, 0.25) is 0 Å². The van der Waals surface area contributed by atoms with E-state index in [1.807, 2.05) is 0 Å². The molecule has 1 aliphatic rings. The van der Waals surface area contributed by atoms with E-state index in [2.05, 4.69) is 46.9 Å². The summed E-state index contributed by atoms with van der Waals surface area (Å²) in [6.07, 6.45) is 8.91. The largest absolute Gasteiger partial charge is 0.374 e. The highest BCUT2D eigenvalue weighted by atomic mass is 16.5. The molecule has 2 nitrogen and oxygen atoms in total. The van der Waals surface area contributed by atoms with E-state index >= 15 is 0 Å². The first kappa shape index (κ1) is 19.0. The summed E-state index contributed by atoms with van der Waals surface area (Å²) in [5.41, 5.74) is 0.576. The molecular weight excluding hydrogens is 258 g/mol. The van der Waals surface area contributed by atoms with Crippen molar-refractivity contribution in [3.8, 4) is 0 Å². The first-order chi connectivity index (χ1) is 9.85. The summed E-state index contributed by atoms with van der Waals surface area (Å²) >= 11 is 0. The molecule has 2 heteroatoms. The molecule has 0 amide bonds. The number of rotatable bonds is 9. The van der Waals surface area contributed by atoms with Crippen LogP contribution in [0.3, 0.4) is 0 Å². The fourth-order valence-electron chi connectivity index (χ4n) is 3.76. The summed E-state index contributed by atoms with van der Waals surface area (Å²) < 4.78 is 6.37. The molecule has 0 heterocycles. The number of likely N-dealkylation sites (N-methyl/N-ethyl adjacent to an activating group) is 1. The number of ether oxygens (including phenoxy) is 1. The van der Waals surface area contributed by atoms with Gasteiger partial charge in [0, 0.05) is 12.6 Å². The maximum atomic E-state index is 6.37. The van der Waals surface area contributed by atoms with E-state index in [0.29, 0.717) is 11.5 Å². The highest BCUT2D eigenvalue weighted by molar-refractivity contribution is 4.98. The van der Waals surface area contributed by atoms with Crippen LogP contribution in [0.1, 0.15) is 86.5 Å². The molecule has 0 saturated heterocycles. The average Bonchev–Trinajstić information content (AvgIpc) is 2.40. The molecule has 0 aromatic rings. The third-order valence-electron chi connectivity index (χ3n) is 5.24. The normalized spacial score (nSPS) is 22.4. The van der Waals surface area contributed by atoms with Crippen LogP contribution in [0.5, 0.6) is 0 Å². The molecule has 0 aliphatic heterocycles. The monoisotopic (exact) mass is 297 g/mol. The number of nitrogens with one attached hydrogen (secondary N) is 1. The molecule has 21 heavy (non-hydrogen) atoms. The van der Waals surface area contributed by atoms with E-state index in [-0.39, 0.29) is 5.60 Å². The minimum Gasteiger partial charge on any atom is -0.374 e. The highest BCUT2D eigenvalue weighted by Crippen LogP contribution is 2.44. The Morgan fingerprint density at radius 1 is 1.00 bits per heavy atom. The topological polar surface area (TPSA) is 21.3 Å². The van der Waals surface area contributed by atoms with Crippen molar-refractivity contribution >= 4 is 0 Å². The lowest BCUT2D eigenvalue weighted by atomic mass is 9.67. The zero-order valence-electron chi connectivity index (χ0n) is 15.4. The molecule has 1 atom stereocenters. The van der Waals surface area contributed by atoms with Crippen molar-refractivity contribution in [2.45, 2.75) is 98.1 Å². The Morgan fingerprint density at radius 3 is 2.10 bits per heavy atom. The smallest absolute Gasteiger partial charge is 0.0834 e. The molecule has 1 N–H and O–H groups in total. The highest BCUT2D eigenvalue weighted by Gasteiger charge is 2.44. The van der Waals surface area contributed by atoms with Crippen molar-refractivity contribution in [3.05, 3.63) is 0 Å². The van der Waals surface area contributed by atoms with Crippen LogP contribution >= 0.6 is 0 Å². The van der Waals surface area contributed by atoms with Gasteiger partial charge in [0.1, 0.15) is 0 Å². The van der Waals surface area contributed by atoms with E-state index < -0.39 is 0 Å². The maximum absolute atomic E-state index is 6.37. The number of hydrogen-bond donors (Lipinski definition) is 1. The summed E-state index contributed by atoms with van der Waals surface area (Å²) in [7, 11) is 0. The van der Waals surface area contributed by atoms with Crippen LogP contribution in [-0.4, -0.2) is 24.8 Å². The minimum atomic E-state index is 0.0806. The molecule has 1 saturated carbocycles. The molecule has 126 valence electrons. The summed E-state index contributed by atoms with van der Waals surface area (Å²) in [4.78, 5) is 0. The van der Waals surface area contributed by atoms with Gasteiger partial charge in [0.05, 0.1) is 5.60 Å². The molecular formula is C19H39NO. The van der Waals surface area contributed by atoms with Crippen molar-refractivity contribution in [1.29, 1.82) is 0 Å². The Kier molecular flexibility index (Phi) is 7.70. The second kappa shape index (κ2) is 8.53. The van der Waals surface area contributed by atoms with E-state index in [0.717, 1.165) is 19.1 Å². The summed E-state index contributed by atoms with van der Waals surface area (Å²) in [5.74, 6) is 0.806. The first-order valence-corrected chi connectivity index (χ1v) is 9.22. The Morgan fingerprint density at radius 2 is 1.62 bits per heavy atom. The summed E-state index contributed by atoms with van der Waals surface area (Å²) in [6.45, 7) is 15.7. The Labute approximate surface area is 133 Å². The van der Waals surface area contributed by atoms with Gasteiger partial charge in [-0.3, -0.25) is 0 Å². The zero-order valence-corrected chi connectivity index (χ0v) is 15.4. The van der Waals surface area contributed by atoms with Gasteiger partial charge in [0.15, 0.2) is 0 Å². The summed E-state index contributed by atoms with van der Waals surface area (Å²) in [6, 6.07) is 0.525. The van der Waals surface area contributed by atoms with Gasteiger partial charge in [0.25, 0.3) is 0 Å².